The van der Waals surface area contributed by atoms with Crippen molar-refractivity contribution < 1.29 is 9.72 Å². The lowest BCUT2D eigenvalue weighted by molar-refractivity contribution is -0.385. The lowest BCUT2D eigenvalue weighted by Gasteiger charge is -2.42. The smallest absolute Gasteiger partial charge is 0.273 e. The summed E-state index contributed by atoms with van der Waals surface area (Å²) in [4.78, 5) is 27.7. The van der Waals surface area contributed by atoms with Crippen molar-refractivity contribution in [1.29, 1.82) is 5.26 Å². The van der Waals surface area contributed by atoms with Crippen LogP contribution >= 0.6 is 11.8 Å². The molecule has 0 N–H and O–H groups in total. The summed E-state index contributed by atoms with van der Waals surface area (Å²) in [6.07, 6.45) is 0.0411. The van der Waals surface area contributed by atoms with Crippen molar-refractivity contribution in [3.8, 4) is 6.07 Å². The molecule has 29 heavy (non-hydrogen) atoms. The molecule has 1 fully saturated rings. The molecule has 1 saturated heterocycles. The number of anilines is 1. The van der Waals surface area contributed by atoms with Crippen molar-refractivity contribution >= 4 is 29.0 Å². The van der Waals surface area contributed by atoms with Crippen molar-refractivity contribution in [2.75, 3.05) is 17.4 Å². The van der Waals surface area contributed by atoms with E-state index in [2.05, 4.69) is 17.0 Å². The Kier molecular flexibility index (Phi) is 4.99. The molecule has 2 aromatic carbocycles. The zero-order valence-corrected chi connectivity index (χ0v) is 16.6. The minimum Gasteiger partial charge on any atom is -0.344 e. The lowest BCUT2D eigenvalue weighted by atomic mass is 9.85. The SMILES string of the molecule is Cc1cccc(N2CSC3=C(C#N)[C@@H](c4ccccc4[N+](=O)[O-])CC(=O)N3C2)c1. The monoisotopic (exact) mass is 406 g/mol. The highest BCUT2D eigenvalue weighted by atomic mass is 32.2. The van der Waals surface area contributed by atoms with Gasteiger partial charge in [0.2, 0.25) is 5.91 Å². The van der Waals surface area contributed by atoms with E-state index >= 15 is 0 Å². The summed E-state index contributed by atoms with van der Waals surface area (Å²) < 4.78 is 0. The zero-order chi connectivity index (χ0) is 20.5. The third-order valence-electron chi connectivity index (χ3n) is 5.17. The van der Waals surface area contributed by atoms with Crippen LogP contribution in [0.2, 0.25) is 0 Å². The molecular formula is C21H18N4O3S. The van der Waals surface area contributed by atoms with Crippen molar-refractivity contribution in [2.45, 2.75) is 19.3 Å². The number of carbonyl (C=O) groups excluding carboxylic acids is 1. The molecule has 2 heterocycles. The van der Waals surface area contributed by atoms with E-state index in [1.807, 2.05) is 25.1 Å². The third-order valence-corrected chi connectivity index (χ3v) is 6.32. The van der Waals surface area contributed by atoms with E-state index in [1.54, 1.807) is 23.1 Å². The standard InChI is InChI=1S/C21H18N4O3S/c1-14-5-4-6-15(9-14)23-12-24-20(26)10-17(18(11-22)21(24)29-13-23)16-7-2-3-8-19(16)25(27)28/h2-9,17H,10,12-13H2,1H3/t17-/m1/s1. The number of amides is 1. The van der Waals surface area contributed by atoms with Crippen LogP contribution in [0.25, 0.3) is 0 Å². The molecule has 0 unspecified atom stereocenters. The van der Waals surface area contributed by atoms with Gasteiger partial charge in [-0.15, -0.1) is 0 Å². The van der Waals surface area contributed by atoms with Crippen molar-refractivity contribution in [1.82, 2.24) is 4.90 Å². The highest BCUT2D eigenvalue weighted by Crippen LogP contribution is 2.45. The van der Waals surface area contributed by atoms with Gasteiger partial charge >= 0.3 is 0 Å². The second-order valence-corrected chi connectivity index (χ2v) is 7.95. The number of thioether (sulfide) groups is 1. The Morgan fingerprint density at radius 3 is 2.76 bits per heavy atom. The minimum absolute atomic E-state index is 0.0411. The van der Waals surface area contributed by atoms with Crippen LogP contribution in [0.15, 0.2) is 59.1 Å². The van der Waals surface area contributed by atoms with Crippen LogP contribution in [0.4, 0.5) is 11.4 Å². The van der Waals surface area contributed by atoms with Crippen LogP contribution in [0.1, 0.15) is 23.5 Å². The van der Waals surface area contributed by atoms with Crippen LogP contribution in [-0.4, -0.2) is 28.3 Å². The number of nitro groups is 1. The van der Waals surface area contributed by atoms with Crippen LogP contribution < -0.4 is 4.90 Å². The van der Waals surface area contributed by atoms with E-state index < -0.39 is 10.8 Å². The summed E-state index contributed by atoms with van der Waals surface area (Å²) >= 11 is 1.42. The van der Waals surface area contributed by atoms with Gasteiger partial charge in [0.05, 0.1) is 34.1 Å². The first-order chi connectivity index (χ1) is 14.0. The van der Waals surface area contributed by atoms with Crippen LogP contribution in [-0.2, 0) is 4.79 Å². The number of rotatable bonds is 3. The quantitative estimate of drug-likeness (QED) is 0.562. The fourth-order valence-electron chi connectivity index (χ4n) is 3.76. The van der Waals surface area contributed by atoms with Gasteiger partial charge in [0, 0.05) is 29.7 Å². The fourth-order valence-corrected chi connectivity index (χ4v) is 4.93. The Hall–Kier alpha value is -3.31. The number of nitriles is 1. The molecule has 2 aliphatic heterocycles. The molecule has 146 valence electrons. The topological polar surface area (TPSA) is 90.5 Å². The number of aryl methyl sites for hydroxylation is 1. The number of allylic oxidation sites excluding steroid dienone is 1. The molecule has 2 aliphatic rings. The molecule has 4 rings (SSSR count). The summed E-state index contributed by atoms with van der Waals surface area (Å²) in [5, 5.41) is 21.9. The van der Waals surface area contributed by atoms with E-state index in [0.717, 1.165) is 11.3 Å². The molecule has 0 saturated carbocycles. The first-order valence-electron chi connectivity index (χ1n) is 9.12. The summed E-state index contributed by atoms with van der Waals surface area (Å²) in [5.41, 5.74) is 2.93. The predicted molar refractivity (Wildman–Crippen MR) is 111 cm³/mol. The summed E-state index contributed by atoms with van der Waals surface area (Å²) in [6.45, 7) is 2.38. The normalized spacial score (nSPS) is 19.0. The third kappa shape index (κ3) is 3.45. The first kappa shape index (κ1) is 19.0. The zero-order valence-electron chi connectivity index (χ0n) is 15.7. The van der Waals surface area contributed by atoms with E-state index in [1.165, 1.54) is 17.8 Å². The van der Waals surface area contributed by atoms with Gasteiger partial charge in [0.25, 0.3) is 5.69 Å². The number of hydrogen-bond acceptors (Lipinski definition) is 6. The van der Waals surface area contributed by atoms with E-state index in [-0.39, 0.29) is 18.0 Å². The average Bonchev–Trinajstić information content (AvgIpc) is 2.73. The summed E-state index contributed by atoms with van der Waals surface area (Å²) in [7, 11) is 0. The van der Waals surface area contributed by atoms with Crippen molar-refractivity contribution in [2.24, 2.45) is 0 Å². The molecule has 1 amide bonds. The van der Waals surface area contributed by atoms with Crippen LogP contribution in [0, 0.1) is 28.4 Å². The largest absolute Gasteiger partial charge is 0.344 e. The second-order valence-electron chi connectivity index (χ2n) is 7.02. The number of para-hydroxylation sites is 1. The van der Waals surface area contributed by atoms with Crippen molar-refractivity contribution in [3.63, 3.8) is 0 Å². The summed E-state index contributed by atoms with van der Waals surface area (Å²) in [6, 6.07) is 16.6. The highest BCUT2D eigenvalue weighted by molar-refractivity contribution is 8.03. The molecule has 0 bridgehead atoms. The molecular weight excluding hydrogens is 388 g/mol. The van der Waals surface area contributed by atoms with E-state index in [4.69, 9.17) is 0 Å². The van der Waals surface area contributed by atoms with E-state index in [9.17, 15) is 20.2 Å². The molecule has 1 atom stereocenters. The average molecular weight is 406 g/mol. The van der Waals surface area contributed by atoms with E-state index in [0.29, 0.717) is 28.7 Å². The van der Waals surface area contributed by atoms with Crippen LogP contribution in [0.3, 0.4) is 0 Å². The van der Waals surface area contributed by atoms with Gasteiger partial charge in [0.15, 0.2) is 0 Å². The molecule has 2 aromatic rings. The molecule has 0 aromatic heterocycles. The Morgan fingerprint density at radius 2 is 2.03 bits per heavy atom. The van der Waals surface area contributed by atoms with Gasteiger partial charge in [-0.25, -0.2) is 0 Å². The predicted octanol–water partition coefficient (Wildman–Crippen LogP) is 4.12. The Balaban J connectivity index is 1.71. The highest BCUT2D eigenvalue weighted by Gasteiger charge is 2.40. The number of carbonyl (C=O) groups is 1. The molecule has 7 nitrogen and oxygen atoms in total. The number of nitro benzene ring substituents is 1. The van der Waals surface area contributed by atoms with Gasteiger partial charge in [-0.2, -0.15) is 5.26 Å². The number of nitrogens with zero attached hydrogens (tertiary/aromatic N) is 4. The molecule has 0 spiro atoms. The maximum atomic E-state index is 13.0. The number of hydrogen-bond donors (Lipinski definition) is 0. The molecule has 0 radical (unpaired) electrons. The van der Waals surface area contributed by atoms with Gasteiger partial charge in [-0.3, -0.25) is 19.8 Å². The second kappa shape index (κ2) is 7.60. The Bertz CT molecular complexity index is 1080. The summed E-state index contributed by atoms with van der Waals surface area (Å²) in [5.74, 6) is -0.137. The maximum absolute atomic E-state index is 13.0. The molecule has 8 heteroatoms. The van der Waals surface area contributed by atoms with Gasteiger partial charge in [-0.05, 0) is 24.6 Å². The Labute approximate surface area is 172 Å². The maximum Gasteiger partial charge on any atom is 0.273 e. The molecule has 0 aliphatic carbocycles. The fraction of sp³-hybridized carbons (Fsp3) is 0.238. The van der Waals surface area contributed by atoms with Crippen LogP contribution in [0.5, 0.6) is 0 Å². The lowest BCUT2D eigenvalue weighted by Crippen LogP contribution is -2.47. The van der Waals surface area contributed by atoms with Crippen molar-refractivity contribution in [3.05, 3.63) is 80.4 Å². The Morgan fingerprint density at radius 1 is 1.24 bits per heavy atom. The van der Waals surface area contributed by atoms with Gasteiger partial charge in [0.1, 0.15) is 0 Å². The number of benzene rings is 2. The minimum atomic E-state index is -0.599. The van der Waals surface area contributed by atoms with Gasteiger partial charge < -0.3 is 4.90 Å². The number of fused-ring (bicyclic) bond motifs is 1. The van der Waals surface area contributed by atoms with Gasteiger partial charge in [-0.1, -0.05) is 42.1 Å². The first-order valence-corrected chi connectivity index (χ1v) is 10.1.